The van der Waals surface area contributed by atoms with Crippen LogP contribution in [0, 0.1) is 6.92 Å². The number of hydrogen-bond donors (Lipinski definition) is 0. The van der Waals surface area contributed by atoms with E-state index in [2.05, 4.69) is 279 Å². The molecule has 0 saturated heterocycles. The molecule has 5 heteroatoms. The molecule has 354 valence electrons. The van der Waals surface area contributed by atoms with E-state index < -0.39 is 0 Å². The molecule has 0 fully saturated rings. The van der Waals surface area contributed by atoms with Crippen LogP contribution in [0.25, 0.3) is 38.8 Å². The smallest absolute Gasteiger partial charge is 0.137 e. The van der Waals surface area contributed by atoms with Gasteiger partial charge in [-0.3, -0.25) is 4.57 Å². The van der Waals surface area contributed by atoms with Crippen molar-refractivity contribution in [2.24, 2.45) is 0 Å². The maximum Gasteiger partial charge on any atom is 0.137 e. The predicted octanol–water partition coefficient (Wildman–Crippen LogP) is 18.1. The van der Waals surface area contributed by atoms with E-state index in [4.69, 9.17) is 4.98 Å². The molecule has 1 aliphatic rings. The van der Waals surface area contributed by atoms with Gasteiger partial charge in [0.15, 0.2) is 0 Å². The van der Waals surface area contributed by atoms with E-state index in [0.717, 1.165) is 45.2 Å². The number of para-hydroxylation sites is 2. The minimum atomic E-state index is -0.0129. The molecule has 0 amide bonds. The number of benzene rings is 7. The summed E-state index contributed by atoms with van der Waals surface area (Å²) in [7, 11) is 0. The van der Waals surface area contributed by atoms with Gasteiger partial charge in [0.25, 0.3) is 0 Å². The number of pyridine rings is 1. The first-order valence-electron chi connectivity index (χ1n) is 25.1. The predicted molar refractivity (Wildman–Crippen MR) is 300 cm³/mol. The van der Waals surface area contributed by atoms with Gasteiger partial charge in [0.1, 0.15) is 12.5 Å². The first-order chi connectivity index (χ1) is 33.1. The zero-order chi connectivity index (χ0) is 49.5. The molecule has 0 bridgehead atoms. The number of aryl methyl sites for hydroxylation is 1. The number of hydrogen-bond acceptors (Lipinski definition) is 4. The Kier molecular flexibility index (Phi) is 11.4. The van der Waals surface area contributed by atoms with E-state index in [0.29, 0.717) is 6.67 Å². The van der Waals surface area contributed by atoms with Gasteiger partial charge in [-0.1, -0.05) is 168 Å². The lowest BCUT2D eigenvalue weighted by Crippen LogP contribution is -2.25. The summed E-state index contributed by atoms with van der Waals surface area (Å²) in [5.74, 6) is 0.902. The average molecular weight is 920 g/mol. The maximum absolute atomic E-state index is 5.24. The Hall–Kier alpha value is -7.11. The van der Waals surface area contributed by atoms with E-state index in [1.165, 1.54) is 61.2 Å². The fourth-order valence-corrected chi connectivity index (χ4v) is 10.1. The third kappa shape index (κ3) is 8.65. The lowest BCUT2D eigenvalue weighted by molar-refractivity contribution is 0.568. The zero-order valence-electron chi connectivity index (χ0n) is 43.6. The summed E-state index contributed by atoms with van der Waals surface area (Å²) in [6, 6.07) is 61.0. The highest BCUT2D eigenvalue weighted by Gasteiger charge is 2.32. The molecule has 0 unspecified atom stereocenters. The first kappa shape index (κ1) is 46.6. The largest absolute Gasteiger partial charge is 0.321 e. The highest BCUT2D eigenvalue weighted by Crippen LogP contribution is 2.49. The fourth-order valence-electron chi connectivity index (χ4n) is 10.1. The van der Waals surface area contributed by atoms with Gasteiger partial charge in [0.2, 0.25) is 0 Å². The zero-order valence-corrected chi connectivity index (χ0v) is 43.6. The second-order valence-electron chi connectivity index (χ2n) is 23.7. The van der Waals surface area contributed by atoms with Crippen molar-refractivity contribution in [2.75, 3.05) is 21.4 Å². The van der Waals surface area contributed by atoms with Crippen LogP contribution in [0.5, 0.6) is 0 Å². The summed E-state index contributed by atoms with van der Waals surface area (Å²) >= 11 is 0. The highest BCUT2D eigenvalue weighted by atomic mass is 15.4. The Bertz CT molecular complexity index is 3390. The first-order valence-corrected chi connectivity index (χ1v) is 25.1. The molecule has 0 aliphatic carbocycles. The molecule has 0 saturated carbocycles. The fraction of sp³-hybridized carbons (Fsp3) is 0.277. The second-order valence-corrected chi connectivity index (χ2v) is 23.7. The lowest BCUT2D eigenvalue weighted by Gasteiger charge is -2.30. The van der Waals surface area contributed by atoms with Gasteiger partial charge < -0.3 is 14.7 Å². The average Bonchev–Trinajstić information content (AvgIpc) is 3.87. The van der Waals surface area contributed by atoms with Crippen molar-refractivity contribution in [3.05, 3.63) is 198 Å². The summed E-state index contributed by atoms with van der Waals surface area (Å²) in [5, 5.41) is 2.39. The Morgan fingerprint density at radius 1 is 0.429 bits per heavy atom. The normalized spacial score (nSPS) is 13.4. The molecule has 3 heterocycles. The summed E-state index contributed by atoms with van der Waals surface area (Å²) in [4.78, 5) is 12.7. The van der Waals surface area contributed by atoms with Crippen LogP contribution >= 0.6 is 0 Å². The molecular weight excluding hydrogens is 851 g/mol. The molecule has 0 N–H and O–H groups in total. The number of aromatic nitrogens is 2. The van der Waals surface area contributed by atoms with Gasteiger partial charge in [-0.2, -0.15) is 0 Å². The molecule has 1 aliphatic heterocycles. The minimum absolute atomic E-state index is 0.000154. The van der Waals surface area contributed by atoms with Crippen molar-refractivity contribution < 1.29 is 0 Å². The van der Waals surface area contributed by atoms with Gasteiger partial charge in [-0.05, 0) is 141 Å². The second kappa shape index (κ2) is 17.1. The van der Waals surface area contributed by atoms with Crippen LogP contribution in [0.15, 0.2) is 170 Å². The van der Waals surface area contributed by atoms with E-state index >= 15 is 0 Å². The summed E-state index contributed by atoms with van der Waals surface area (Å²) < 4.78 is 2.35. The summed E-state index contributed by atoms with van der Waals surface area (Å²) in [6.07, 6.45) is 2.06. The third-order valence-electron chi connectivity index (χ3n) is 14.4. The Balaban J connectivity index is 1.10. The van der Waals surface area contributed by atoms with Crippen molar-refractivity contribution in [3.8, 4) is 16.9 Å². The molecule has 0 radical (unpaired) electrons. The molecule has 10 rings (SSSR count). The van der Waals surface area contributed by atoms with Crippen molar-refractivity contribution in [1.29, 1.82) is 0 Å². The maximum atomic E-state index is 5.24. The molecule has 2 aromatic heterocycles. The van der Waals surface area contributed by atoms with Gasteiger partial charge in [0, 0.05) is 51.0 Å². The third-order valence-corrected chi connectivity index (χ3v) is 14.4. The van der Waals surface area contributed by atoms with Gasteiger partial charge in [-0.15, -0.1) is 0 Å². The summed E-state index contributed by atoms with van der Waals surface area (Å²) in [6.45, 7) is 30.6. The van der Waals surface area contributed by atoms with Crippen molar-refractivity contribution in [2.45, 2.75) is 112 Å². The van der Waals surface area contributed by atoms with E-state index in [9.17, 15) is 0 Å². The van der Waals surface area contributed by atoms with Gasteiger partial charge in [0.05, 0.1) is 22.4 Å². The number of anilines is 7. The Morgan fingerprint density at radius 2 is 1.03 bits per heavy atom. The lowest BCUT2D eigenvalue weighted by atomic mass is 9.80. The SMILES string of the molecule is Cc1cc(-n2c3ccccc3c3ccc(N(c4ccccc4)c4cccc(N5CN(c6cc(C(C)(C)C)cc(C(C)(C)C)c6)c6ccc(C(C)(C)C)cc65)c4)cc32)ncc1-c1cccc(C(C)(C)C)c1. The van der Waals surface area contributed by atoms with Crippen LogP contribution in [0.4, 0.5) is 39.8 Å². The topological polar surface area (TPSA) is 27.5 Å². The molecule has 0 atom stereocenters. The van der Waals surface area contributed by atoms with Crippen LogP contribution in [-0.2, 0) is 21.7 Å². The van der Waals surface area contributed by atoms with Crippen LogP contribution in [0.1, 0.15) is 111 Å². The standard InChI is InChI=1S/C65H69N5/c1-43-33-61(66-41-56(43)44-21-19-22-45(34-44)62(2,3)4)70-57-28-18-17-27-54(57)55-31-30-52(40-59(55)70)69(49-23-15-14-16-24-49)51-26-20-25-50(39-51)67-42-68(58-32-29-46(38-60(58)67)63(5,6)7)53-36-47(64(8,9)10)35-48(37-53)65(11,12)13/h14-41H,42H2,1-13H3. The van der Waals surface area contributed by atoms with Crippen LogP contribution in [-0.4, -0.2) is 16.2 Å². The monoisotopic (exact) mass is 920 g/mol. The number of fused-ring (bicyclic) bond motifs is 4. The van der Waals surface area contributed by atoms with Crippen molar-refractivity contribution in [3.63, 3.8) is 0 Å². The van der Waals surface area contributed by atoms with Crippen LogP contribution in [0.3, 0.4) is 0 Å². The molecule has 9 aromatic rings. The Morgan fingerprint density at radius 3 is 1.71 bits per heavy atom. The van der Waals surface area contributed by atoms with Gasteiger partial charge >= 0.3 is 0 Å². The minimum Gasteiger partial charge on any atom is -0.321 e. The highest BCUT2D eigenvalue weighted by molar-refractivity contribution is 6.10. The molecule has 70 heavy (non-hydrogen) atoms. The quantitative estimate of drug-likeness (QED) is 0.159. The number of rotatable bonds is 7. The van der Waals surface area contributed by atoms with E-state index in [-0.39, 0.29) is 21.7 Å². The van der Waals surface area contributed by atoms with E-state index in [1.807, 2.05) is 0 Å². The van der Waals surface area contributed by atoms with Crippen LogP contribution < -0.4 is 14.7 Å². The molecule has 5 nitrogen and oxygen atoms in total. The number of nitrogens with zero attached hydrogens (tertiary/aromatic N) is 5. The molecule has 0 spiro atoms. The van der Waals surface area contributed by atoms with Crippen molar-refractivity contribution >= 4 is 61.6 Å². The Labute approximate surface area is 417 Å². The van der Waals surface area contributed by atoms with Crippen molar-refractivity contribution in [1.82, 2.24) is 9.55 Å². The molecule has 7 aromatic carbocycles. The van der Waals surface area contributed by atoms with E-state index in [1.54, 1.807) is 0 Å². The van der Waals surface area contributed by atoms with Gasteiger partial charge in [-0.25, -0.2) is 4.98 Å². The molecular formula is C65H69N5. The summed E-state index contributed by atoms with van der Waals surface area (Å²) in [5.41, 5.74) is 19.2. The van der Waals surface area contributed by atoms with Crippen LogP contribution in [0.2, 0.25) is 0 Å².